The third kappa shape index (κ3) is 11.2. The van der Waals surface area contributed by atoms with Crippen LogP contribution in [0.5, 0.6) is 0 Å². The van der Waals surface area contributed by atoms with E-state index in [9.17, 15) is 0 Å². The smallest absolute Gasteiger partial charge is 0.0636 e. The summed E-state index contributed by atoms with van der Waals surface area (Å²) in [7, 11) is -4.40. The van der Waals surface area contributed by atoms with Crippen LogP contribution in [0.1, 0.15) is 27.7 Å². The first kappa shape index (κ1) is 62.8. The molecule has 1 atom stereocenters. The fourth-order valence-electron chi connectivity index (χ4n) is 16.4. The molecule has 0 nitrogen and oxygen atoms in total. The van der Waals surface area contributed by atoms with E-state index in [-0.39, 0.29) is 5.92 Å². The molecule has 0 amide bonds. The van der Waals surface area contributed by atoms with Gasteiger partial charge in [-0.25, -0.2) is 0 Å². The second-order valence-corrected chi connectivity index (χ2v) is 30.2. The van der Waals surface area contributed by atoms with Crippen LogP contribution in [0, 0.1) is 5.92 Å². The Hall–Kier alpha value is -12.0. The topological polar surface area (TPSA) is 0 Å². The van der Waals surface area contributed by atoms with Crippen LogP contribution in [0.2, 0.25) is 0 Å². The highest BCUT2D eigenvalue weighted by Crippen LogP contribution is 2.55. The molecule has 1 heteroatoms. The Morgan fingerprint density at radius 1 is 0.190 bits per heavy atom. The Labute approximate surface area is 591 Å². The van der Waals surface area contributed by atoms with Crippen LogP contribution in [-0.4, -0.2) is 8.07 Å². The lowest BCUT2D eigenvalue weighted by Crippen LogP contribution is -2.71. The summed E-state index contributed by atoms with van der Waals surface area (Å²) >= 11 is 0. The van der Waals surface area contributed by atoms with Gasteiger partial charge < -0.3 is 0 Å². The van der Waals surface area contributed by atoms with Gasteiger partial charge in [-0.15, -0.1) is 0 Å². The van der Waals surface area contributed by atoms with Gasteiger partial charge in [0, 0.05) is 0 Å². The number of rotatable bonds is 16. The summed E-state index contributed by atoms with van der Waals surface area (Å²) in [5.41, 5.74) is 32.2. The zero-order chi connectivity index (χ0) is 67.5. The van der Waals surface area contributed by atoms with Crippen molar-refractivity contribution in [2.24, 2.45) is 5.92 Å². The molecule has 0 radical (unpaired) electrons. The van der Waals surface area contributed by atoms with E-state index in [1.54, 1.807) is 0 Å². The normalized spacial score (nSPS) is 13.0. The first-order chi connectivity index (χ1) is 49.4. The van der Waals surface area contributed by atoms with E-state index in [0.717, 1.165) is 66.8 Å². The number of hydrogen-bond donors (Lipinski definition) is 0. The minimum atomic E-state index is -4.40. The predicted octanol–water partition coefficient (Wildman–Crippen LogP) is 25.0. The molecule has 100 heavy (non-hydrogen) atoms. The molecule has 0 aromatic heterocycles. The van der Waals surface area contributed by atoms with Crippen molar-refractivity contribution in [3.05, 3.63) is 404 Å². The summed E-state index contributed by atoms with van der Waals surface area (Å²) in [6, 6.07) is 145. The lowest BCUT2D eigenvalue weighted by molar-refractivity contribution is 0.852. The monoisotopic (exact) mass is 1290 g/mol. The third-order valence-electron chi connectivity index (χ3n) is 21.1. The molecular formula is C99H76Si. The molecule has 0 N–H and O–H groups in total. The average molecular weight is 1290 g/mol. The minimum absolute atomic E-state index is 0.0417. The maximum absolute atomic E-state index is 4.40. The Morgan fingerprint density at radius 2 is 0.360 bits per heavy atom. The lowest BCUT2D eigenvalue weighted by atomic mass is 9.82. The van der Waals surface area contributed by atoms with Gasteiger partial charge in [-0.1, -0.05) is 405 Å². The second-order valence-electron chi connectivity index (χ2n) is 26.5. The molecular weight excluding hydrogens is 1220 g/mol. The molecule has 1 aliphatic rings. The molecule has 0 saturated carbocycles. The van der Waals surface area contributed by atoms with Crippen LogP contribution in [0.4, 0.5) is 0 Å². The van der Waals surface area contributed by atoms with E-state index in [1.807, 2.05) is 0 Å². The van der Waals surface area contributed by atoms with Crippen LogP contribution >= 0.6 is 0 Å². The molecule has 0 saturated heterocycles. The van der Waals surface area contributed by atoms with Crippen molar-refractivity contribution in [3.63, 3.8) is 0 Å². The van der Waals surface area contributed by atoms with E-state index >= 15 is 0 Å². The van der Waals surface area contributed by atoms with Gasteiger partial charge in [-0.05, 0) is 181 Å². The van der Waals surface area contributed by atoms with Crippen molar-refractivity contribution >= 4 is 23.6 Å². The van der Waals surface area contributed by atoms with Crippen molar-refractivity contribution in [2.45, 2.75) is 27.7 Å². The molecule has 0 fully saturated rings. The van der Waals surface area contributed by atoms with Crippen LogP contribution < -0.4 is 15.6 Å². The first-order valence-corrected chi connectivity index (χ1v) is 37.1. The zero-order valence-corrected chi connectivity index (χ0v) is 58.0. The van der Waals surface area contributed by atoms with Crippen molar-refractivity contribution in [1.82, 2.24) is 0 Å². The number of benzene rings is 15. The van der Waals surface area contributed by atoms with Crippen molar-refractivity contribution < 1.29 is 0 Å². The van der Waals surface area contributed by atoms with Crippen molar-refractivity contribution in [1.29, 1.82) is 0 Å². The van der Waals surface area contributed by atoms with Crippen molar-refractivity contribution in [3.8, 4) is 134 Å². The highest BCUT2D eigenvalue weighted by Gasteiger charge is 2.54. The SMILES string of the molecule is CC1=C(C)C(C)C([Si](c2cc(-c3ccccc3)c(-c3ccccc3)c(-c3ccccc3)c2-c2ccccc2)(c2cc(-c3ccccc3)c(-c3ccccc3)c(-c3ccccc3)c2-c2ccccc2)c2cc(-c3ccccc3)c(-c3ccccc3)c(-c3ccccc3)c2-c2ccccc2)=C1C. The molecule has 15 aromatic carbocycles. The second kappa shape index (κ2) is 27.5. The van der Waals surface area contributed by atoms with Gasteiger partial charge in [0.1, 0.15) is 0 Å². The number of allylic oxidation sites excluding steroid dienone is 4. The lowest BCUT2D eigenvalue weighted by Gasteiger charge is -2.45. The Balaban J connectivity index is 1.32. The van der Waals surface area contributed by atoms with Gasteiger partial charge in [0.2, 0.25) is 0 Å². The van der Waals surface area contributed by atoms with Gasteiger partial charge in [0.05, 0.1) is 0 Å². The van der Waals surface area contributed by atoms with Gasteiger partial charge in [0.25, 0.3) is 0 Å². The molecule has 1 unspecified atom stereocenters. The van der Waals surface area contributed by atoms with Crippen LogP contribution in [0.3, 0.4) is 0 Å². The number of hydrogen-bond acceptors (Lipinski definition) is 0. The molecule has 1 aliphatic carbocycles. The van der Waals surface area contributed by atoms with Crippen LogP contribution in [0.25, 0.3) is 134 Å². The zero-order valence-electron chi connectivity index (χ0n) is 57.0. The fraction of sp³-hybridized carbons (Fsp3) is 0.0505. The highest BCUT2D eigenvalue weighted by molar-refractivity contribution is 7.18. The quantitative estimate of drug-likeness (QED) is 0.0668. The van der Waals surface area contributed by atoms with E-state index in [2.05, 4.69) is 410 Å². The van der Waals surface area contributed by atoms with Gasteiger partial charge in [0.15, 0.2) is 8.07 Å². The van der Waals surface area contributed by atoms with Crippen molar-refractivity contribution in [2.75, 3.05) is 0 Å². The molecule has 0 spiro atoms. The summed E-state index contributed by atoms with van der Waals surface area (Å²) in [6.45, 7) is 9.89. The highest BCUT2D eigenvalue weighted by atomic mass is 28.3. The Kier molecular flexibility index (Phi) is 17.3. The van der Waals surface area contributed by atoms with Crippen LogP contribution in [-0.2, 0) is 0 Å². The van der Waals surface area contributed by atoms with Crippen LogP contribution in [0.15, 0.2) is 404 Å². The van der Waals surface area contributed by atoms with Gasteiger partial charge in [-0.3, -0.25) is 0 Å². The summed E-state index contributed by atoms with van der Waals surface area (Å²) in [5, 5.41) is 5.40. The van der Waals surface area contributed by atoms with E-state index in [4.69, 9.17) is 0 Å². The molecule has 15 aromatic rings. The summed E-state index contributed by atoms with van der Waals surface area (Å²) in [4.78, 5) is 0. The maximum atomic E-state index is 2.75. The molecule has 16 rings (SSSR count). The van der Waals surface area contributed by atoms with E-state index in [0.29, 0.717) is 0 Å². The molecule has 0 bridgehead atoms. The average Bonchev–Trinajstić information content (AvgIpc) is 1.11. The minimum Gasteiger partial charge on any atom is -0.0636 e. The summed E-state index contributed by atoms with van der Waals surface area (Å²) in [6.07, 6.45) is 0. The molecule has 476 valence electrons. The first-order valence-electron chi connectivity index (χ1n) is 35.1. The summed E-state index contributed by atoms with van der Waals surface area (Å²) in [5.74, 6) is -0.0417. The Morgan fingerprint density at radius 3 is 0.540 bits per heavy atom. The van der Waals surface area contributed by atoms with Gasteiger partial charge >= 0.3 is 0 Å². The molecule has 0 aliphatic heterocycles. The van der Waals surface area contributed by atoms with E-state index < -0.39 is 8.07 Å². The predicted molar refractivity (Wildman–Crippen MR) is 429 cm³/mol. The third-order valence-corrected chi connectivity index (χ3v) is 26.3. The Bertz CT molecular complexity index is 4950. The fourth-order valence-corrected chi connectivity index (χ4v) is 22.8. The van der Waals surface area contributed by atoms with Gasteiger partial charge in [-0.2, -0.15) is 0 Å². The molecule has 0 heterocycles. The van der Waals surface area contributed by atoms with E-state index in [1.165, 1.54) is 104 Å². The maximum Gasteiger partial charge on any atom is 0.178 e. The largest absolute Gasteiger partial charge is 0.178 e. The summed E-state index contributed by atoms with van der Waals surface area (Å²) < 4.78 is 0. The standard InChI is InChI=1S/C99H76Si/c1-68-69(2)71(4)99(70(68)3)100(87-65-84(72-41-17-5-18-42-72)90(75-47-23-8-24-48-75)96(81-59-35-14-36-60-81)93(87)78-53-29-11-30-54-78,88-66-85(73-43-19-6-20-44-73)91(76-49-25-9-26-50-76)97(82-61-37-15-38-62-82)94(88)79-55-31-12-32-56-79)89-67-86(74-45-21-7-22-46-74)92(77-51-27-10-28-52-77)98(83-63-39-16-40-64-83)95(89)80-57-33-13-34-58-80/h5-67,70H,1-4H3.